The first-order valence-electron chi connectivity index (χ1n) is 7.59. The minimum absolute atomic E-state index is 0.130. The molecule has 0 bridgehead atoms. The third kappa shape index (κ3) is 2.36. The first-order chi connectivity index (χ1) is 11.7. The molecule has 5 nitrogen and oxygen atoms in total. The highest BCUT2D eigenvalue weighted by atomic mass is 16.1. The Morgan fingerprint density at radius 1 is 0.958 bits per heavy atom. The van der Waals surface area contributed by atoms with E-state index in [1.807, 2.05) is 61.5 Å². The van der Waals surface area contributed by atoms with Crippen LogP contribution in [-0.2, 0) is 0 Å². The van der Waals surface area contributed by atoms with Crippen molar-refractivity contribution in [2.24, 2.45) is 0 Å². The number of hydrogen-bond acceptors (Lipinski definition) is 4. The van der Waals surface area contributed by atoms with E-state index in [1.165, 1.54) is 6.33 Å². The van der Waals surface area contributed by atoms with Crippen LogP contribution < -0.4 is 0 Å². The van der Waals surface area contributed by atoms with Gasteiger partial charge in [-0.15, -0.1) is 0 Å². The quantitative estimate of drug-likeness (QED) is 0.544. The standard InChI is InChI=1S/C19H14N4O/c1-13-7-9-14(10-8-13)18(24)17-16-11-22-23(19(16)21-12-20-17)15-5-3-2-4-6-15/h2-12H,1H3. The van der Waals surface area contributed by atoms with Gasteiger partial charge >= 0.3 is 0 Å². The van der Waals surface area contributed by atoms with Crippen molar-refractivity contribution >= 4 is 16.8 Å². The molecule has 24 heavy (non-hydrogen) atoms. The van der Waals surface area contributed by atoms with Crippen LogP contribution in [0.5, 0.6) is 0 Å². The Morgan fingerprint density at radius 2 is 1.71 bits per heavy atom. The van der Waals surface area contributed by atoms with E-state index in [0.29, 0.717) is 22.3 Å². The molecule has 0 saturated heterocycles. The molecule has 0 spiro atoms. The van der Waals surface area contributed by atoms with Gasteiger partial charge in [0.05, 0.1) is 17.3 Å². The number of fused-ring (bicyclic) bond motifs is 1. The average Bonchev–Trinajstić information content (AvgIpc) is 3.06. The Balaban J connectivity index is 1.84. The topological polar surface area (TPSA) is 60.7 Å². The zero-order valence-electron chi connectivity index (χ0n) is 13.0. The highest BCUT2D eigenvalue weighted by Gasteiger charge is 2.17. The van der Waals surface area contributed by atoms with Crippen LogP contribution in [0.3, 0.4) is 0 Å². The zero-order chi connectivity index (χ0) is 16.5. The molecule has 2 aromatic heterocycles. The van der Waals surface area contributed by atoms with Gasteiger partial charge in [0.2, 0.25) is 5.78 Å². The fourth-order valence-electron chi connectivity index (χ4n) is 2.62. The summed E-state index contributed by atoms with van der Waals surface area (Å²) in [5.41, 5.74) is 3.59. The molecule has 0 aliphatic heterocycles. The summed E-state index contributed by atoms with van der Waals surface area (Å²) in [6, 6.07) is 17.1. The Hall–Kier alpha value is -3.34. The van der Waals surface area contributed by atoms with Gasteiger partial charge in [-0.25, -0.2) is 14.6 Å². The maximum absolute atomic E-state index is 12.8. The van der Waals surface area contributed by atoms with Crippen molar-refractivity contribution in [3.05, 3.63) is 83.9 Å². The molecular formula is C19H14N4O. The smallest absolute Gasteiger partial charge is 0.212 e. The number of carbonyl (C=O) groups is 1. The van der Waals surface area contributed by atoms with Gasteiger partial charge in [0, 0.05) is 5.56 Å². The van der Waals surface area contributed by atoms with Gasteiger partial charge in [-0.3, -0.25) is 4.79 Å². The van der Waals surface area contributed by atoms with Gasteiger partial charge in [0.1, 0.15) is 12.0 Å². The van der Waals surface area contributed by atoms with Crippen LogP contribution in [0.15, 0.2) is 67.1 Å². The number of aryl methyl sites for hydroxylation is 1. The fourth-order valence-corrected chi connectivity index (χ4v) is 2.62. The summed E-state index contributed by atoms with van der Waals surface area (Å²) in [4.78, 5) is 21.3. The lowest BCUT2D eigenvalue weighted by atomic mass is 10.0. The monoisotopic (exact) mass is 314 g/mol. The van der Waals surface area contributed by atoms with E-state index in [-0.39, 0.29) is 5.78 Å². The third-order valence-electron chi connectivity index (χ3n) is 3.90. The van der Waals surface area contributed by atoms with Gasteiger partial charge in [-0.1, -0.05) is 48.0 Å². The maximum Gasteiger partial charge on any atom is 0.212 e. The van der Waals surface area contributed by atoms with E-state index in [0.717, 1.165) is 11.3 Å². The Kier molecular flexibility index (Phi) is 3.39. The molecule has 0 unspecified atom stereocenters. The minimum atomic E-state index is -0.130. The zero-order valence-corrected chi connectivity index (χ0v) is 13.0. The van der Waals surface area contributed by atoms with E-state index in [9.17, 15) is 4.79 Å². The van der Waals surface area contributed by atoms with Crippen molar-refractivity contribution in [2.75, 3.05) is 0 Å². The van der Waals surface area contributed by atoms with E-state index < -0.39 is 0 Å². The molecule has 0 N–H and O–H groups in total. The summed E-state index contributed by atoms with van der Waals surface area (Å²) in [5, 5.41) is 5.02. The molecule has 0 amide bonds. The fraction of sp³-hybridized carbons (Fsp3) is 0.0526. The highest BCUT2D eigenvalue weighted by Crippen LogP contribution is 2.20. The lowest BCUT2D eigenvalue weighted by molar-refractivity contribution is 0.103. The van der Waals surface area contributed by atoms with Crippen LogP contribution in [0.2, 0.25) is 0 Å². The van der Waals surface area contributed by atoms with Gasteiger partial charge in [0.15, 0.2) is 5.65 Å². The summed E-state index contributed by atoms with van der Waals surface area (Å²) in [5.74, 6) is -0.130. The van der Waals surface area contributed by atoms with Crippen LogP contribution in [0, 0.1) is 6.92 Å². The molecule has 0 radical (unpaired) electrons. The average molecular weight is 314 g/mol. The minimum Gasteiger partial charge on any atom is -0.287 e. The molecule has 0 aliphatic carbocycles. The Morgan fingerprint density at radius 3 is 2.46 bits per heavy atom. The highest BCUT2D eigenvalue weighted by molar-refractivity contribution is 6.14. The van der Waals surface area contributed by atoms with Crippen molar-refractivity contribution in [1.29, 1.82) is 0 Å². The van der Waals surface area contributed by atoms with E-state index in [4.69, 9.17) is 0 Å². The number of benzene rings is 2. The van der Waals surface area contributed by atoms with Crippen LogP contribution in [0.25, 0.3) is 16.7 Å². The number of hydrogen-bond donors (Lipinski definition) is 0. The summed E-state index contributed by atoms with van der Waals surface area (Å²) >= 11 is 0. The maximum atomic E-state index is 12.8. The second-order valence-corrected chi connectivity index (χ2v) is 5.55. The Bertz CT molecular complexity index is 1020. The van der Waals surface area contributed by atoms with E-state index in [2.05, 4.69) is 15.1 Å². The summed E-state index contributed by atoms with van der Waals surface area (Å²) in [6.07, 6.45) is 3.05. The lowest BCUT2D eigenvalue weighted by Crippen LogP contribution is -2.06. The number of para-hydroxylation sites is 1. The van der Waals surface area contributed by atoms with Crippen molar-refractivity contribution in [3.8, 4) is 5.69 Å². The second kappa shape index (κ2) is 5.70. The molecular weight excluding hydrogens is 300 g/mol. The van der Waals surface area contributed by atoms with E-state index >= 15 is 0 Å². The molecule has 2 aromatic carbocycles. The van der Waals surface area contributed by atoms with Gasteiger partial charge in [-0.05, 0) is 19.1 Å². The van der Waals surface area contributed by atoms with Crippen molar-refractivity contribution in [2.45, 2.75) is 6.92 Å². The van der Waals surface area contributed by atoms with Gasteiger partial charge in [0.25, 0.3) is 0 Å². The second-order valence-electron chi connectivity index (χ2n) is 5.55. The summed E-state index contributed by atoms with van der Waals surface area (Å²) in [7, 11) is 0. The van der Waals surface area contributed by atoms with Crippen molar-refractivity contribution in [1.82, 2.24) is 19.7 Å². The lowest BCUT2D eigenvalue weighted by Gasteiger charge is -2.04. The number of aromatic nitrogens is 4. The summed E-state index contributed by atoms with van der Waals surface area (Å²) in [6.45, 7) is 1.99. The summed E-state index contributed by atoms with van der Waals surface area (Å²) < 4.78 is 1.71. The molecule has 4 aromatic rings. The first-order valence-corrected chi connectivity index (χ1v) is 7.59. The predicted octanol–water partition coefficient (Wildman–Crippen LogP) is 3.35. The van der Waals surface area contributed by atoms with E-state index in [1.54, 1.807) is 10.9 Å². The third-order valence-corrected chi connectivity index (χ3v) is 3.90. The number of rotatable bonds is 3. The van der Waals surface area contributed by atoms with Gasteiger partial charge < -0.3 is 0 Å². The Labute approximate surface area is 138 Å². The largest absolute Gasteiger partial charge is 0.287 e. The van der Waals surface area contributed by atoms with Crippen LogP contribution >= 0.6 is 0 Å². The molecule has 0 aliphatic rings. The normalized spacial score (nSPS) is 10.9. The first kappa shape index (κ1) is 14.3. The molecule has 5 heteroatoms. The predicted molar refractivity (Wildman–Crippen MR) is 91.3 cm³/mol. The molecule has 0 fully saturated rings. The van der Waals surface area contributed by atoms with Crippen molar-refractivity contribution in [3.63, 3.8) is 0 Å². The number of ketones is 1. The molecule has 0 saturated carbocycles. The number of nitrogens with zero attached hydrogens (tertiary/aromatic N) is 4. The SMILES string of the molecule is Cc1ccc(C(=O)c2ncnc3c2cnn3-c2ccccc2)cc1. The van der Waals surface area contributed by atoms with Crippen LogP contribution in [0.1, 0.15) is 21.6 Å². The number of carbonyl (C=O) groups excluding carboxylic acids is 1. The van der Waals surface area contributed by atoms with Gasteiger partial charge in [-0.2, -0.15) is 5.10 Å². The molecule has 116 valence electrons. The molecule has 2 heterocycles. The molecule has 0 atom stereocenters. The van der Waals surface area contributed by atoms with Crippen LogP contribution in [0.4, 0.5) is 0 Å². The van der Waals surface area contributed by atoms with Crippen LogP contribution in [-0.4, -0.2) is 25.5 Å². The molecule has 4 rings (SSSR count). The van der Waals surface area contributed by atoms with Crippen molar-refractivity contribution < 1.29 is 4.79 Å².